The summed E-state index contributed by atoms with van der Waals surface area (Å²) in [6, 6.07) is 6.92. The number of carboxylic acid groups (broad SMARTS) is 1. The standard InChI is InChI=1S/C16H20N2O3/c1-3-9-18(10-4-2)16(21)17-12-14-8-6-5-7-13(14)11-15(19)20/h1,5-8H,4,9-12H2,2H3,(H,17,21)(H,19,20). The molecular formula is C16H20N2O3. The third-order valence-corrected chi connectivity index (χ3v) is 2.95. The molecule has 0 radical (unpaired) electrons. The summed E-state index contributed by atoms with van der Waals surface area (Å²) in [4.78, 5) is 24.4. The van der Waals surface area contributed by atoms with Crippen molar-refractivity contribution in [1.29, 1.82) is 0 Å². The molecule has 0 saturated heterocycles. The molecule has 2 N–H and O–H groups in total. The van der Waals surface area contributed by atoms with Gasteiger partial charge in [-0.3, -0.25) is 4.79 Å². The number of carboxylic acids is 1. The normalized spacial score (nSPS) is 9.71. The zero-order chi connectivity index (χ0) is 15.7. The minimum Gasteiger partial charge on any atom is -0.481 e. The van der Waals surface area contributed by atoms with Gasteiger partial charge >= 0.3 is 12.0 Å². The fraction of sp³-hybridized carbons (Fsp3) is 0.375. The topological polar surface area (TPSA) is 69.6 Å². The highest BCUT2D eigenvalue weighted by atomic mass is 16.4. The zero-order valence-corrected chi connectivity index (χ0v) is 12.1. The van der Waals surface area contributed by atoms with Crippen molar-refractivity contribution in [3.8, 4) is 12.3 Å². The fourth-order valence-corrected chi connectivity index (χ4v) is 1.98. The molecule has 0 aliphatic rings. The molecule has 0 bridgehead atoms. The largest absolute Gasteiger partial charge is 0.481 e. The van der Waals surface area contributed by atoms with E-state index < -0.39 is 5.97 Å². The first-order valence-electron chi connectivity index (χ1n) is 6.83. The Labute approximate surface area is 125 Å². The number of rotatable bonds is 7. The molecule has 21 heavy (non-hydrogen) atoms. The number of aliphatic carboxylic acids is 1. The molecule has 0 aliphatic heterocycles. The first-order valence-corrected chi connectivity index (χ1v) is 6.83. The minimum absolute atomic E-state index is 0.0604. The van der Waals surface area contributed by atoms with Crippen LogP contribution in [0.4, 0.5) is 4.79 Å². The van der Waals surface area contributed by atoms with Crippen molar-refractivity contribution in [3.63, 3.8) is 0 Å². The van der Waals surface area contributed by atoms with E-state index in [0.717, 1.165) is 12.0 Å². The molecule has 0 heterocycles. The summed E-state index contributed by atoms with van der Waals surface area (Å²) in [5, 5.41) is 11.7. The summed E-state index contributed by atoms with van der Waals surface area (Å²) in [5.74, 6) is 1.56. The van der Waals surface area contributed by atoms with E-state index in [2.05, 4.69) is 11.2 Å². The molecule has 5 heteroatoms. The first kappa shape index (κ1) is 16.6. The second-order valence-electron chi connectivity index (χ2n) is 4.62. The predicted octanol–water partition coefficient (Wildman–Crippen LogP) is 1.87. The van der Waals surface area contributed by atoms with Gasteiger partial charge in [-0.2, -0.15) is 0 Å². The maximum Gasteiger partial charge on any atom is 0.318 e. The molecule has 112 valence electrons. The van der Waals surface area contributed by atoms with E-state index in [0.29, 0.717) is 12.1 Å². The van der Waals surface area contributed by atoms with Crippen molar-refractivity contribution in [2.45, 2.75) is 26.3 Å². The molecule has 1 rings (SSSR count). The highest BCUT2D eigenvalue weighted by Gasteiger charge is 2.12. The molecule has 0 saturated carbocycles. The highest BCUT2D eigenvalue weighted by molar-refractivity contribution is 5.75. The van der Waals surface area contributed by atoms with Crippen molar-refractivity contribution in [2.24, 2.45) is 0 Å². The van der Waals surface area contributed by atoms with Crippen molar-refractivity contribution < 1.29 is 14.7 Å². The summed E-state index contributed by atoms with van der Waals surface area (Å²) < 4.78 is 0. The van der Waals surface area contributed by atoms with Crippen LogP contribution in [-0.2, 0) is 17.8 Å². The second kappa shape index (κ2) is 8.64. The molecule has 0 unspecified atom stereocenters. The van der Waals surface area contributed by atoms with Crippen LogP contribution in [0.25, 0.3) is 0 Å². The number of terminal acetylenes is 1. The Hall–Kier alpha value is -2.48. The van der Waals surface area contributed by atoms with Crippen LogP contribution in [-0.4, -0.2) is 35.1 Å². The van der Waals surface area contributed by atoms with Crippen LogP contribution < -0.4 is 5.32 Å². The molecule has 0 aromatic heterocycles. The van der Waals surface area contributed by atoms with Gasteiger partial charge in [0.1, 0.15) is 0 Å². The fourth-order valence-electron chi connectivity index (χ4n) is 1.98. The lowest BCUT2D eigenvalue weighted by atomic mass is 10.0. The summed E-state index contributed by atoms with van der Waals surface area (Å²) in [5.41, 5.74) is 1.50. The number of nitrogens with zero attached hydrogens (tertiary/aromatic N) is 1. The number of amides is 2. The molecule has 5 nitrogen and oxygen atoms in total. The molecular weight excluding hydrogens is 268 g/mol. The number of carbonyl (C=O) groups excluding carboxylic acids is 1. The van der Waals surface area contributed by atoms with Crippen molar-refractivity contribution in [3.05, 3.63) is 35.4 Å². The van der Waals surface area contributed by atoms with E-state index in [1.165, 1.54) is 0 Å². The van der Waals surface area contributed by atoms with Crippen LogP contribution in [0.2, 0.25) is 0 Å². The summed E-state index contributed by atoms with van der Waals surface area (Å²) in [7, 11) is 0. The lowest BCUT2D eigenvalue weighted by Gasteiger charge is -2.20. The number of benzene rings is 1. The van der Waals surface area contributed by atoms with Gasteiger partial charge in [-0.05, 0) is 17.5 Å². The quantitative estimate of drug-likeness (QED) is 0.753. The van der Waals surface area contributed by atoms with Gasteiger partial charge in [0.05, 0.1) is 13.0 Å². The summed E-state index contributed by atoms with van der Waals surface area (Å²) >= 11 is 0. The number of carbonyl (C=O) groups is 2. The van der Waals surface area contributed by atoms with Crippen LogP contribution in [0, 0.1) is 12.3 Å². The third-order valence-electron chi connectivity index (χ3n) is 2.95. The van der Waals surface area contributed by atoms with E-state index in [-0.39, 0.29) is 25.5 Å². The van der Waals surface area contributed by atoms with Crippen LogP contribution in [0.1, 0.15) is 24.5 Å². The van der Waals surface area contributed by atoms with E-state index in [1.54, 1.807) is 17.0 Å². The van der Waals surface area contributed by atoms with Gasteiger partial charge in [-0.1, -0.05) is 37.1 Å². The number of hydrogen-bond donors (Lipinski definition) is 2. The lowest BCUT2D eigenvalue weighted by molar-refractivity contribution is -0.136. The maximum absolute atomic E-state index is 12.0. The molecule has 1 aromatic rings. The lowest BCUT2D eigenvalue weighted by Crippen LogP contribution is -2.40. The Morgan fingerprint density at radius 1 is 1.33 bits per heavy atom. The molecule has 1 aromatic carbocycles. The average molecular weight is 288 g/mol. The molecule has 0 spiro atoms. The number of hydrogen-bond acceptors (Lipinski definition) is 2. The average Bonchev–Trinajstić information content (AvgIpc) is 2.45. The molecule has 0 aliphatic carbocycles. The Balaban J connectivity index is 2.68. The first-order chi connectivity index (χ1) is 10.1. The van der Waals surface area contributed by atoms with E-state index >= 15 is 0 Å². The Kier molecular flexibility index (Phi) is 6.82. The van der Waals surface area contributed by atoms with E-state index in [9.17, 15) is 9.59 Å². The van der Waals surface area contributed by atoms with E-state index in [4.69, 9.17) is 11.5 Å². The van der Waals surface area contributed by atoms with Crippen LogP contribution in [0.3, 0.4) is 0 Å². The summed E-state index contributed by atoms with van der Waals surface area (Å²) in [6.45, 7) is 3.11. The monoisotopic (exact) mass is 288 g/mol. The van der Waals surface area contributed by atoms with Crippen LogP contribution >= 0.6 is 0 Å². The Morgan fingerprint density at radius 2 is 2.00 bits per heavy atom. The van der Waals surface area contributed by atoms with Gasteiger partial charge in [-0.15, -0.1) is 6.42 Å². The minimum atomic E-state index is -0.895. The zero-order valence-electron chi connectivity index (χ0n) is 12.1. The SMILES string of the molecule is C#CCN(CCC)C(=O)NCc1ccccc1CC(=O)O. The van der Waals surface area contributed by atoms with E-state index in [1.807, 2.05) is 19.1 Å². The predicted molar refractivity (Wildman–Crippen MR) is 80.7 cm³/mol. The van der Waals surface area contributed by atoms with Crippen molar-refractivity contribution in [2.75, 3.05) is 13.1 Å². The maximum atomic E-state index is 12.0. The molecule has 2 amide bonds. The van der Waals surface area contributed by atoms with Crippen molar-refractivity contribution >= 4 is 12.0 Å². The Morgan fingerprint density at radius 3 is 2.57 bits per heavy atom. The van der Waals surface area contributed by atoms with Gasteiger partial charge in [0.2, 0.25) is 0 Å². The van der Waals surface area contributed by atoms with Gasteiger partial charge in [-0.25, -0.2) is 4.79 Å². The molecule has 0 atom stereocenters. The number of nitrogens with one attached hydrogen (secondary N) is 1. The van der Waals surface area contributed by atoms with Crippen molar-refractivity contribution in [1.82, 2.24) is 10.2 Å². The smallest absolute Gasteiger partial charge is 0.318 e. The third kappa shape index (κ3) is 5.57. The van der Waals surface area contributed by atoms with Gasteiger partial charge < -0.3 is 15.3 Å². The molecule has 0 fully saturated rings. The van der Waals surface area contributed by atoms with Gasteiger partial charge in [0.15, 0.2) is 0 Å². The van der Waals surface area contributed by atoms with Gasteiger partial charge in [0, 0.05) is 13.1 Å². The number of urea groups is 1. The van der Waals surface area contributed by atoms with Gasteiger partial charge in [0.25, 0.3) is 0 Å². The second-order valence-corrected chi connectivity index (χ2v) is 4.62. The summed E-state index contributed by atoms with van der Waals surface area (Å²) in [6.07, 6.45) is 6.01. The van der Waals surface area contributed by atoms with Crippen LogP contribution in [0.5, 0.6) is 0 Å². The highest BCUT2D eigenvalue weighted by Crippen LogP contribution is 2.09. The Bertz CT molecular complexity index is 535. The van der Waals surface area contributed by atoms with Crippen LogP contribution in [0.15, 0.2) is 24.3 Å².